The smallest absolute Gasteiger partial charge is 0.165 e. The number of hydrogen-bond donors (Lipinski definition) is 0. The molecule has 0 bridgehead atoms. The quantitative estimate of drug-likeness (QED) is 0.767. The molecule has 1 aliphatic carbocycles. The van der Waals surface area contributed by atoms with Crippen molar-refractivity contribution in [3.63, 3.8) is 0 Å². The predicted molar refractivity (Wildman–Crippen MR) is 68.6 cm³/mol. The molecule has 18 heavy (non-hydrogen) atoms. The summed E-state index contributed by atoms with van der Waals surface area (Å²) < 4.78 is 0. The van der Waals surface area contributed by atoms with E-state index in [0.717, 1.165) is 23.2 Å². The van der Waals surface area contributed by atoms with Crippen LogP contribution in [0.3, 0.4) is 0 Å². The Morgan fingerprint density at radius 1 is 1.11 bits per heavy atom. The van der Waals surface area contributed by atoms with Gasteiger partial charge in [0.2, 0.25) is 0 Å². The van der Waals surface area contributed by atoms with Gasteiger partial charge < -0.3 is 0 Å². The minimum atomic E-state index is 0.212. The normalized spacial score (nSPS) is 18.5. The Hall–Kier alpha value is -2.03. The van der Waals surface area contributed by atoms with Crippen LogP contribution in [-0.2, 0) is 6.42 Å². The third kappa shape index (κ3) is 1.82. The maximum absolute atomic E-state index is 12.2. The molecule has 2 heterocycles. The van der Waals surface area contributed by atoms with E-state index in [9.17, 15) is 4.79 Å². The molecule has 0 saturated heterocycles. The lowest BCUT2D eigenvalue weighted by atomic mass is 9.81. The van der Waals surface area contributed by atoms with E-state index in [-0.39, 0.29) is 11.7 Å². The molecule has 0 radical (unpaired) electrons. The van der Waals surface area contributed by atoms with Crippen LogP contribution in [0, 0.1) is 6.92 Å². The van der Waals surface area contributed by atoms with Crippen LogP contribution in [-0.4, -0.2) is 15.8 Å². The van der Waals surface area contributed by atoms with E-state index in [0.29, 0.717) is 6.42 Å². The van der Waals surface area contributed by atoms with Gasteiger partial charge >= 0.3 is 0 Å². The molecule has 1 aliphatic rings. The Bertz CT molecular complexity index is 593. The highest BCUT2D eigenvalue weighted by Crippen LogP contribution is 2.32. The molecule has 3 heteroatoms. The molecule has 0 saturated carbocycles. The lowest BCUT2D eigenvalue weighted by Gasteiger charge is -2.24. The topological polar surface area (TPSA) is 42.9 Å². The molecule has 0 aliphatic heterocycles. The summed E-state index contributed by atoms with van der Waals surface area (Å²) in [5, 5.41) is 0. The van der Waals surface area contributed by atoms with E-state index in [2.05, 4.69) is 9.97 Å². The number of Topliss-reactive ketones (excluding diaryl/α,β-unsaturated/α-hetero) is 1. The predicted octanol–water partition coefficient (Wildman–Crippen LogP) is 2.70. The van der Waals surface area contributed by atoms with Gasteiger partial charge in [-0.05, 0) is 48.6 Å². The second-order valence-corrected chi connectivity index (χ2v) is 4.76. The van der Waals surface area contributed by atoms with Gasteiger partial charge in [0.1, 0.15) is 0 Å². The molecule has 0 unspecified atom stereocenters. The van der Waals surface area contributed by atoms with Crippen molar-refractivity contribution in [1.82, 2.24) is 9.97 Å². The molecule has 0 N–H and O–H groups in total. The van der Waals surface area contributed by atoms with Crippen molar-refractivity contribution in [3.05, 3.63) is 59.2 Å². The molecular formula is C15H14N2O. The van der Waals surface area contributed by atoms with Crippen LogP contribution in [0.4, 0.5) is 0 Å². The van der Waals surface area contributed by atoms with E-state index in [1.807, 2.05) is 25.1 Å². The van der Waals surface area contributed by atoms with Crippen molar-refractivity contribution in [2.75, 3.05) is 0 Å². The third-order valence-corrected chi connectivity index (χ3v) is 3.57. The number of carbonyl (C=O) groups is 1. The van der Waals surface area contributed by atoms with E-state index < -0.39 is 0 Å². The van der Waals surface area contributed by atoms with Gasteiger partial charge in [-0.2, -0.15) is 0 Å². The summed E-state index contributed by atoms with van der Waals surface area (Å²) in [5.41, 5.74) is 3.99. The number of aryl methyl sites for hydroxylation is 1. The average molecular weight is 238 g/mol. The Labute approximate surface area is 106 Å². The lowest BCUT2D eigenvalue weighted by Crippen LogP contribution is -2.21. The summed E-state index contributed by atoms with van der Waals surface area (Å²) in [5.74, 6) is 0.450. The van der Waals surface area contributed by atoms with Gasteiger partial charge in [-0.15, -0.1) is 0 Å². The Morgan fingerprint density at radius 2 is 1.89 bits per heavy atom. The van der Waals surface area contributed by atoms with Crippen LogP contribution in [0.25, 0.3) is 0 Å². The van der Waals surface area contributed by atoms with Gasteiger partial charge in [0.05, 0.1) is 5.69 Å². The molecule has 3 rings (SSSR count). The standard InChI is InChI=1S/C15H14N2O/c1-10-2-7-17-13-8-12(9-14(18)15(10)13)11-3-5-16-6-4-11/h2-7,12H,8-9H2,1H3/t12-/m1/s1. The molecule has 1 atom stereocenters. The Kier molecular flexibility index (Phi) is 2.67. The number of rotatable bonds is 1. The maximum Gasteiger partial charge on any atom is 0.165 e. The van der Waals surface area contributed by atoms with Crippen LogP contribution < -0.4 is 0 Å². The molecule has 2 aromatic heterocycles. The lowest BCUT2D eigenvalue weighted by molar-refractivity contribution is 0.0962. The van der Waals surface area contributed by atoms with E-state index in [4.69, 9.17) is 0 Å². The first kappa shape index (κ1) is 11.1. The van der Waals surface area contributed by atoms with Crippen molar-refractivity contribution in [2.45, 2.75) is 25.7 Å². The Morgan fingerprint density at radius 3 is 2.67 bits per heavy atom. The first-order valence-electron chi connectivity index (χ1n) is 6.13. The number of pyridine rings is 2. The van der Waals surface area contributed by atoms with E-state index >= 15 is 0 Å². The highest BCUT2D eigenvalue weighted by Gasteiger charge is 2.28. The van der Waals surface area contributed by atoms with Gasteiger partial charge in [-0.3, -0.25) is 14.8 Å². The van der Waals surface area contributed by atoms with Crippen LogP contribution in [0.1, 0.15) is 39.5 Å². The second-order valence-electron chi connectivity index (χ2n) is 4.76. The number of hydrogen-bond acceptors (Lipinski definition) is 3. The zero-order valence-electron chi connectivity index (χ0n) is 10.3. The van der Waals surface area contributed by atoms with Crippen molar-refractivity contribution in [1.29, 1.82) is 0 Å². The SMILES string of the molecule is Cc1ccnc2c1C(=O)C[C@H](c1ccncc1)C2. The van der Waals surface area contributed by atoms with Gasteiger partial charge in [-0.25, -0.2) is 0 Å². The molecule has 0 aromatic carbocycles. The highest BCUT2D eigenvalue weighted by atomic mass is 16.1. The fraction of sp³-hybridized carbons (Fsp3) is 0.267. The number of fused-ring (bicyclic) bond motifs is 1. The fourth-order valence-corrected chi connectivity index (χ4v) is 2.65. The van der Waals surface area contributed by atoms with Crippen LogP contribution >= 0.6 is 0 Å². The van der Waals surface area contributed by atoms with Crippen LogP contribution in [0.5, 0.6) is 0 Å². The zero-order valence-corrected chi connectivity index (χ0v) is 10.3. The minimum absolute atomic E-state index is 0.212. The zero-order chi connectivity index (χ0) is 12.5. The molecule has 0 spiro atoms. The fourth-order valence-electron chi connectivity index (χ4n) is 2.65. The summed E-state index contributed by atoms with van der Waals surface area (Å²) in [6, 6.07) is 5.88. The summed E-state index contributed by atoms with van der Waals surface area (Å²) in [6.07, 6.45) is 6.75. The highest BCUT2D eigenvalue weighted by molar-refractivity contribution is 6.00. The van der Waals surface area contributed by atoms with Gasteiger partial charge in [0.25, 0.3) is 0 Å². The van der Waals surface area contributed by atoms with Crippen molar-refractivity contribution < 1.29 is 4.79 Å². The van der Waals surface area contributed by atoms with Crippen LogP contribution in [0.2, 0.25) is 0 Å². The van der Waals surface area contributed by atoms with Gasteiger partial charge in [0, 0.05) is 30.6 Å². The average Bonchev–Trinajstić information content (AvgIpc) is 2.39. The molecular weight excluding hydrogens is 224 g/mol. The minimum Gasteiger partial charge on any atom is -0.294 e. The van der Waals surface area contributed by atoms with Crippen molar-refractivity contribution >= 4 is 5.78 Å². The first-order valence-corrected chi connectivity index (χ1v) is 6.13. The first-order chi connectivity index (χ1) is 8.75. The molecule has 0 fully saturated rings. The number of nitrogens with zero attached hydrogens (tertiary/aromatic N) is 2. The molecule has 2 aromatic rings. The third-order valence-electron chi connectivity index (χ3n) is 3.57. The van der Waals surface area contributed by atoms with E-state index in [1.165, 1.54) is 5.56 Å². The summed E-state index contributed by atoms with van der Waals surface area (Å²) in [6.45, 7) is 1.98. The van der Waals surface area contributed by atoms with Crippen molar-refractivity contribution in [3.8, 4) is 0 Å². The van der Waals surface area contributed by atoms with E-state index in [1.54, 1.807) is 18.6 Å². The number of aromatic nitrogens is 2. The number of carbonyl (C=O) groups excluding carboxylic acids is 1. The maximum atomic E-state index is 12.2. The summed E-state index contributed by atoms with van der Waals surface area (Å²) in [4.78, 5) is 20.6. The summed E-state index contributed by atoms with van der Waals surface area (Å²) in [7, 11) is 0. The van der Waals surface area contributed by atoms with Crippen molar-refractivity contribution in [2.24, 2.45) is 0 Å². The molecule has 0 amide bonds. The molecule has 90 valence electrons. The molecule has 3 nitrogen and oxygen atoms in total. The second kappa shape index (κ2) is 4.33. The van der Waals surface area contributed by atoms with Gasteiger partial charge in [0.15, 0.2) is 5.78 Å². The number of ketones is 1. The van der Waals surface area contributed by atoms with Gasteiger partial charge in [-0.1, -0.05) is 0 Å². The summed E-state index contributed by atoms with van der Waals surface area (Å²) >= 11 is 0. The monoisotopic (exact) mass is 238 g/mol. The van der Waals surface area contributed by atoms with Crippen LogP contribution in [0.15, 0.2) is 36.8 Å². The Balaban J connectivity index is 2.00. The largest absolute Gasteiger partial charge is 0.294 e.